The van der Waals surface area contributed by atoms with Crippen molar-refractivity contribution >= 4 is 17.5 Å². The SMILES string of the molecule is CSCCCn1cc(C(C)=O)cn1. The van der Waals surface area contributed by atoms with Gasteiger partial charge in [0.05, 0.1) is 11.8 Å². The van der Waals surface area contributed by atoms with Gasteiger partial charge in [0.1, 0.15) is 0 Å². The van der Waals surface area contributed by atoms with Gasteiger partial charge in [0.15, 0.2) is 5.78 Å². The molecule has 4 heteroatoms. The van der Waals surface area contributed by atoms with E-state index in [9.17, 15) is 4.79 Å². The Labute approximate surface area is 82.5 Å². The topological polar surface area (TPSA) is 34.9 Å². The van der Waals surface area contributed by atoms with Gasteiger partial charge in [-0.15, -0.1) is 0 Å². The van der Waals surface area contributed by atoms with Crippen molar-refractivity contribution in [2.24, 2.45) is 0 Å². The van der Waals surface area contributed by atoms with Crippen LogP contribution in [-0.2, 0) is 6.54 Å². The fourth-order valence-electron chi connectivity index (χ4n) is 1.04. The Kier molecular flexibility index (Phi) is 4.02. The minimum atomic E-state index is 0.0797. The van der Waals surface area contributed by atoms with Crippen LogP contribution in [0.4, 0.5) is 0 Å². The molecule has 3 nitrogen and oxygen atoms in total. The van der Waals surface area contributed by atoms with Crippen molar-refractivity contribution in [1.29, 1.82) is 0 Å². The second-order valence-corrected chi connectivity index (χ2v) is 3.88. The molecule has 1 aromatic heterocycles. The Morgan fingerprint density at radius 2 is 2.46 bits per heavy atom. The maximum Gasteiger partial charge on any atom is 0.162 e. The van der Waals surface area contributed by atoms with E-state index in [1.807, 2.05) is 22.6 Å². The van der Waals surface area contributed by atoms with E-state index in [2.05, 4.69) is 11.4 Å². The highest BCUT2D eigenvalue weighted by atomic mass is 32.2. The number of hydrogen-bond acceptors (Lipinski definition) is 3. The minimum absolute atomic E-state index is 0.0797. The third-order valence-corrected chi connectivity index (χ3v) is 2.47. The number of thioether (sulfide) groups is 1. The van der Waals surface area contributed by atoms with Crippen LogP contribution in [0.1, 0.15) is 23.7 Å². The van der Waals surface area contributed by atoms with Crippen LogP contribution in [0.25, 0.3) is 0 Å². The average molecular weight is 198 g/mol. The Morgan fingerprint density at radius 1 is 1.69 bits per heavy atom. The van der Waals surface area contributed by atoms with Crippen molar-refractivity contribution in [3.63, 3.8) is 0 Å². The molecule has 0 bridgehead atoms. The molecule has 0 saturated carbocycles. The van der Waals surface area contributed by atoms with Gasteiger partial charge in [-0.25, -0.2) is 0 Å². The van der Waals surface area contributed by atoms with Crippen LogP contribution in [-0.4, -0.2) is 27.6 Å². The summed E-state index contributed by atoms with van der Waals surface area (Å²) < 4.78 is 1.83. The lowest BCUT2D eigenvalue weighted by Gasteiger charge is -1.98. The van der Waals surface area contributed by atoms with E-state index in [1.54, 1.807) is 13.1 Å². The summed E-state index contributed by atoms with van der Waals surface area (Å²) in [5.74, 6) is 1.21. The van der Waals surface area contributed by atoms with Gasteiger partial charge in [0, 0.05) is 12.7 Å². The summed E-state index contributed by atoms with van der Waals surface area (Å²) >= 11 is 1.83. The van der Waals surface area contributed by atoms with Crippen LogP contribution >= 0.6 is 11.8 Å². The zero-order valence-corrected chi connectivity index (χ0v) is 8.80. The first-order valence-corrected chi connectivity index (χ1v) is 5.65. The van der Waals surface area contributed by atoms with E-state index >= 15 is 0 Å². The number of aryl methyl sites for hydroxylation is 1. The summed E-state index contributed by atoms with van der Waals surface area (Å²) in [6, 6.07) is 0. The molecular weight excluding hydrogens is 184 g/mol. The van der Waals surface area contributed by atoms with Crippen molar-refractivity contribution in [3.05, 3.63) is 18.0 Å². The monoisotopic (exact) mass is 198 g/mol. The molecule has 1 aromatic rings. The van der Waals surface area contributed by atoms with Crippen LogP contribution in [0.2, 0.25) is 0 Å². The number of carbonyl (C=O) groups excluding carboxylic acids is 1. The van der Waals surface area contributed by atoms with Crippen molar-refractivity contribution < 1.29 is 4.79 Å². The van der Waals surface area contributed by atoms with Crippen LogP contribution < -0.4 is 0 Å². The van der Waals surface area contributed by atoms with Crippen LogP contribution in [0.15, 0.2) is 12.4 Å². The zero-order valence-electron chi connectivity index (χ0n) is 7.99. The highest BCUT2D eigenvalue weighted by molar-refractivity contribution is 7.98. The zero-order chi connectivity index (χ0) is 9.68. The van der Waals surface area contributed by atoms with Gasteiger partial charge in [-0.1, -0.05) is 0 Å². The molecule has 0 aromatic carbocycles. The average Bonchev–Trinajstić information content (AvgIpc) is 2.53. The molecule has 0 atom stereocenters. The Hall–Kier alpha value is -0.770. The second kappa shape index (κ2) is 5.07. The first kappa shape index (κ1) is 10.3. The number of nitrogens with zero attached hydrogens (tertiary/aromatic N) is 2. The molecule has 0 aliphatic heterocycles. The number of aromatic nitrogens is 2. The van der Waals surface area contributed by atoms with Crippen molar-refractivity contribution in [3.8, 4) is 0 Å². The molecule has 0 unspecified atom stereocenters. The summed E-state index contributed by atoms with van der Waals surface area (Å²) in [6.45, 7) is 2.46. The highest BCUT2D eigenvalue weighted by Gasteiger charge is 2.01. The van der Waals surface area contributed by atoms with Crippen molar-refractivity contribution in [1.82, 2.24) is 9.78 Å². The van der Waals surface area contributed by atoms with Gasteiger partial charge in [-0.05, 0) is 25.4 Å². The van der Waals surface area contributed by atoms with Crippen molar-refractivity contribution in [2.75, 3.05) is 12.0 Å². The summed E-state index contributed by atoms with van der Waals surface area (Å²) in [5, 5.41) is 4.10. The van der Waals surface area contributed by atoms with E-state index in [4.69, 9.17) is 0 Å². The van der Waals surface area contributed by atoms with E-state index in [0.717, 1.165) is 18.7 Å². The first-order valence-electron chi connectivity index (χ1n) is 4.26. The van der Waals surface area contributed by atoms with E-state index in [-0.39, 0.29) is 5.78 Å². The molecule has 0 aliphatic carbocycles. The lowest BCUT2D eigenvalue weighted by Crippen LogP contribution is -1.99. The smallest absolute Gasteiger partial charge is 0.162 e. The van der Waals surface area contributed by atoms with Crippen LogP contribution in [0, 0.1) is 0 Å². The normalized spacial score (nSPS) is 10.3. The van der Waals surface area contributed by atoms with Gasteiger partial charge < -0.3 is 0 Å². The van der Waals surface area contributed by atoms with Gasteiger partial charge >= 0.3 is 0 Å². The molecular formula is C9H14N2OS. The number of ketones is 1. The standard InChI is InChI=1S/C9H14N2OS/c1-8(12)9-6-10-11(7-9)4-3-5-13-2/h6-7H,3-5H2,1-2H3. The molecule has 0 radical (unpaired) electrons. The predicted molar refractivity (Wildman–Crippen MR) is 55.2 cm³/mol. The fraction of sp³-hybridized carbons (Fsp3) is 0.556. The lowest BCUT2D eigenvalue weighted by atomic mass is 10.3. The number of rotatable bonds is 5. The van der Waals surface area contributed by atoms with Gasteiger partial charge in [-0.3, -0.25) is 9.48 Å². The Bertz CT molecular complexity index is 283. The fourth-order valence-corrected chi connectivity index (χ4v) is 1.46. The molecule has 1 rings (SSSR count). The Morgan fingerprint density at radius 3 is 3.00 bits per heavy atom. The maximum absolute atomic E-state index is 10.9. The summed E-state index contributed by atoms with van der Waals surface area (Å²) in [4.78, 5) is 10.9. The van der Waals surface area contributed by atoms with Crippen molar-refractivity contribution in [2.45, 2.75) is 19.9 Å². The molecule has 0 aliphatic rings. The quantitative estimate of drug-likeness (QED) is 0.535. The molecule has 13 heavy (non-hydrogen) atoms. The predicted octanol–water partition coefficient (Wildman–Crippen LogP) is 1.84. The molecule has 1 heterocycles. The van der Waals surface area contributed by atoms with E-state index in [0.29, 0.717) is 5.56 Å². The summed E-state index contributed by atoms with van der Waals surface area (Å²) in [5.41, 5.74) is 0.698. The molecule has 0 spiro atoms. The number of Topliss-reactive ketones (excluding diaryl/α,β-unsaturated/α-hetero) is 1. The maximum atomic E-state index is 10.9. The largest absolute Gasteiger partial charge is 0.294 e. The molecule has 0 saturated heterocycles. The molecule has 0 fully saturated rings. The Balaban J connectivity index is 2.44. The summed E-state index contributed by atoms with van der Waals surface area (Å²) in [7, 11) is 0. The third kappa shape index (κ3) is 3.22. The third-order valence-electron chi connectivity index (χ3n) is 1.78. The minimum Gasteiger partial charge on any atom is -0.294 e. The van der Waals surface area contributed by atoms with Gasteiger partial charge in [0.2, 0.25) is 0 Å². The lowest BCUT2D eigenvalue weighted by molar-refractivity contribution is 0.101. The van der Waals surface area contributed by atoms with Gasteiger partial charge in [-0.2, -0.15) is 16.9 Å². The van der Waals surface area contributed by atoms with E-state index < -0.39 is 0 Å². The molecule has 0 N–H and O–H groups in total. The van der Waals surface area contributed by atoms with Gasteiger partial charge in [0.25, 0.3) is 0 Å². The van der Waals surface area contributed by atoms with Crippen LogP contribution in [0.3, 0.4) is 0 Å². The highest BCUT2D eigenvalue weighted by Crippen LogP contribution is 2.01. The van der Waals surface area contributed by atoms with Crippen LogP contribution in [0.5, 0.6) is 0 Å². The summed E-state index contributed by atoms with van der Waals surface area (Å²) in [6.07, 6.45) is 6.62. The molecule has 0 amide bonds. The van der Waals surface area contributed by atoms with E-state index in [1.165, 1.54) is 0 Å². The second-order valence-electron chi connectivity index (χ2n) is 2.89. The number of carbonyl (C=O) groups is 1. The first-order chi connectivity index (χ1) is 6.24. The number of hydrogen-bond donors (Lipinski definition) is 0. The molecule has 72 valence electrons.